The van der Waals surface area contributed by atoms with Crippen LogP contribution in [0.4, 0.5) is 5.69 Å². The number of sulfonamides is 1. The monoisotopic (exact) mass is 450 g/mol. The Hall–Kier alpha value is -3.12. The fourth-order valence-corrected chi connectivity index (χ4v) is 4.80. The predicted octanol–water partition coefficient (Wildman–Crippen LogP) is 4.76. The third-order valence-corrected chi connectivity index (χ3v) is 6.54. The maximum absolute atomic E-state index is 12.8. The van der Waals surface area contributed by atoms with Gasteiger partial charge in [-0.3, -0.25) is 9.10 Å². The Morgan fingerprint density at radius 2 is 1.56 bits per heavy atom. The molecule has 32 heavy (non-hydrogen) atoms. The number of para-hydroxylation sites is 1. The molecule has 0 unspecified atom stereocenters. The first-order valence-electron chi connectivity index (χ1n) is 10.7. The van der Waals surface area contributed by atoms with Crippen molar-refractivity contribution >= 4 is 21.6 Å². The Morgan fingerprint density at radius 1 is 0.906 bits per heavy atom. The second-order valence-electron chi connectivity index (χ2n) is 8.05. The molecule has 0 fully saturated rings. The average molecular weight is 451 g/mol. The predicted molar refractivity (Wildman–Crippen MR) is 130 cm³/mol. The van der Waals surface area contributed by atoms with Crippen molar-refractivity contribution in [1.82, 2.24) is 5.32 Å². The number of nitrogens with one attached hydrogen (secondary N) is 1. The van der Waals surface area contributed by atoms with Crippen LogP contribution in [0.1, 0.15) is 41.1 Å². The molecule has 0 aliphatic rings. The molecule has 0 saturated carbocycles. The van der Waals surface area contributed by atoms with Crippen LogP contribution in [0.15, 0.2) is 78.9 Å². The molecule has 0 aliphatic heterocycles. The highest BCUT2D eigenvalue weighted by Gasteiger charge is 2.20. The normalized spacial score (nSPS) is 12.2. The molecular weight excluding hydrogens is 420 g/mol. The molecule has 1 amide bonds. The standard InChI is InChI=1S/C26H30N2O3S/c1-20-11-9-15-23(19-20)26(22-13-5-4-6-14-22)27-25(29)17-10-18-28(32(3,30)31)24-16-8-7-12-21(24)2/h4-9,11-16,19,26H,10,17-18H2,1-3H3,(H,27,29)/t26-/m0/s1. The molecular formula is C26H30N2O3S. The van der Waals surface area contributed by atoms with Crippen molar-refractivity contribution in [1.29, 1.82) is 0 Å². The zero-order chi connectivity index (χ0) is 23.1. The first kappa shape index (κ1) is 23.5. The lowest BCUT2D eigenvalue weighted by molar-refractivity contribution is -0.121. The van der Waals surface area contributed by atoms with E-state index in [1.807, 2.05) is 80.6 Å². The summed E-state index contributed by atoms with van der Waals surface area (Å²) in [5, 5.41) is 3.13. The Kier molecular flexibility index (Phi) is 7.70. The van der Waals surface area contributed by atoms with Gasteiger partial charge in [-0.2, -0.15) is 0 Å². The van der Waals surface area contributed by atoms with Gasteiger partial charge in [-0.15, -0.1) is 0 Å². The van der Waals surface area contributed by atoms with Gasteiger partial charge in [-0.1, -0.05) is 78.4 Å². The molecule has 0 aliphatic carbocycles. The maximum atomic E-state index is 12.8. The van der Waals surface area contributed by atoms with Crippen molar-refractivity contribution in [2.75, 3.05) is 17.1 Å². The number of rotatable bonds is 9. The van der Waals surface area contributed by atoms with Crippen LogP contribution in [0.2, 0.25) is 0 Å². The van der Waals surface area contributed by atoms with Gasteiger partial charge in [0.2, 0.25) is 15.9 Å². The van der Waals surface area contributed by atoms with Crippen LogP contribution < -0.4 is 9.62 Å². The molecule has 168 valence electrons. The van der Waals surface area contributed by atoms with Crippen LogP contribution in [0, 0.1) is 13.8 Å². The van der Waals surface area contributed by atoms with Crippen LogP contribution in [0.25, 0.3) is 0 Å². The van der Waals surface area contributed by atoms with Gasteiger partial charge in [0, 0.05) is 13.0 Å². The summed E-state index contributed by atoms with van der Waals surface area (Å²) >= 11 is 0. The SMILES string of the molecule is Cc1cccc([C@@H](NC(=O)CCCN(c2ccccc2C)S(C)(=O)=O)c2ccccc2)c1. The molecule has 5 nitrogen and oxygen atoms in total. The highest BCUT2D eigenvalue weighted by atomic mass is 32.2. The van der Waals surface area contributed by atoms with Crippen molar-refractivity contribution in [3.05, 3.63) is 101 Å². The van der Waals surface area contributed by atoms with Gasteiger partial charge in [-0.25, -0.2) is 8.42 Å². The maximum Gasteiger partial charge on any atom is 0.232 e. The van der Waals surface area contributed by atoms with Crippen molar-refractivity contribution in [3.8, 4) is 0 Å². The fourth-order valence-electron chi connectivity index (χ4n) is 3.78. The molecule has 0 radical (unpaired) electrons. The van der Waals surface area contributed by atoms with E-state index in [1.54, 1.807) is 6.07 Å². The third kappa shape index (κ3) is 6.20. The van der Waals surface area contributed by atoms with E-state index < -0.39 is 10.0 Å². The van der Waals surface area contributed by atoms with Crippen molar-refractivity contribution < 1.29 is 13.2 Å². The summed E-state index contributed by atoms with van der Waals surface area (Å²) in [7, 11) is -3.45. The molecule has 0 saturated heterocycles. The van der Waals surface area contributed by atoms with E-state index in [-0.39, 0.29) is 24.9 Å². The number of hydrogen-bond acceptors (Lipinski definition) is 3. The van der Waals surface area contributed by atoms with Gasteiger partial charge in [0.15, 0.2) is 0 Å². The summed E-state index contributed by atoms with van der Waals surface area (Å²) in [4.78, 5) is 12.8. The van der Waals surface area contributed by atoms with Crippen molar-refractivity contribution in [3.63, 3.8) is 0 Å². The average Bonchev–Trinajstić information content (AvgIpc) is 2.75. The molecule has 1 N–H and O–H groups in total. The molecule has 1 atom stereocenters. The molecule has 0 heterocycles. The summed E-state index contributed by atoms with van der Waals surface area (Å²) in [6.45, 7) is 4.16. The first-order valence-corrected chi connectivity index (χ1v) is 12.5. The number of hydrogen-bond donors (Lipinski definition) is 1. The van der Waals surface area contributed by atoms with E-state index in [9.17, 15) is 13.2 Å². The van der Waals surface area contributed by atoms with Crippen LogP contribution in [0.3, 0.4) is 0 Å². The lowest BCUT2D eigenvalue weighted by Crippen LogP contribution is -2.33. The summed E-state index contributed by atoms with van der Waals surface area (Å²) in [5.74, 6) is -0.112. The van der Waals surface area contributed by atoms with Crippen molar-refractivity contribution in [2.45, 2.75) is 32.7 Å². The van der Waals surface area contributed by atoms with Gasteiger partial charge in [0.1, 0.15) is 0 Å². The van der Waals surface area contributed by atoms with Gasteiger partial charge < -0.3 is 5.32 Å². The Morgan fingerprint density at radius 3 is 2.22 bits per heavy atom. The summed E-state index contributed by atoms with van der Waals surface area (Å²) < 4.78 is 26.1. The zero-order valence-electron chi connectivity index (χ0n) is 18.8. The second kappa shape index (κ2) is 10.5. The van der Waals surface area contributed by atoms with E-state index >= 15 is 0 Å². The van der Waals surface area contributed by atoms with Crippen LogP contribution >= 0.6 is 0 Å². The van der Waals surface area contributed by atoms with Gasteiger partial charge in [0.05, 0.1) is 18.0 Å². The van der Waals surface area contributed by atoms with Gasteiger partial charge in [0.25, 0.3) is 0 Å². The summed E-state index contributed by atoms with van der Waals surface area (Å²) in [5.41, 5.74) is 4.68. The topological polar surface area (TPSA) is 66.5 Å². The molecule has 0 aromatic heterocycles. The van der Waals surface area contributed by atoms with Crippen molar-refractivity contribution in [2.24, 2.45) is 0 Å². The molecule has 3 aromatic carbocycles. The van der Waals surface area contributed by atoms with Crippen LogP contribution in [-0.2, 0) is 14.8 Å². The number of carbonyl (C=O) groups is 1. The Balaban J connectivity index is 1.70. The molecule has 0 spiro atoms. The van der Waals surface area contributed by atoms with Gasteiger partial charge in [-0.05, 0) is 43.0 Å². The smallest absolute Gasteiger partial charge is 0.232 e. The second-order valence-corrected chi connectivity index (χ2v) is 9.96. The number of anilines is 1. The first-order chi connectivity index (χ1) is 15.3. The molecule has 0 bridgehead atoms. The molecule has 3 aromatic rings. The minimum Gasteiger partial charge on any atom is -0.345 e. The van der Waals surface area contributed by atoms with Gasteiger partial charge >= 0.3 is 0 Å². The minimum atomic E-state index is -3.45. The molecule has 3 rings (SSSR count). The fraction of sp³-hybridized carbons (Fsp3) is 0.269. The van der Waals surface area contributed by atoms with E-state index in [0.717, 1.165) is 22.3 Å². The summed E-state index contributed by atoms with van der Waals surface area (Å²) in [6, 6.07) is 25.1. The van der Waals surface area contributed by atoms with E-state index in [2.05, 4.69) is 11.4 Å². The number of amides is 1. The Bertz CT molecular complexity index is 1160. The highest BCUT2D eigenvalue weighted by Crippen LogP contribution is 2.24. The Labute approximate surface area is 191 Å². The number of aryl methyl sites for hydroxylation is 2. The quantitative estimate of drug-likeness (QED) is 0.511. The van der Waals surface area contributed by atoms with Crippen LogP contribution in [0.5, 0.6) is 0 Å². The van der Waals surface area contributed by atoms with E-state index in [4.69, 9.17) is 0 Å². The minimum absolute atomic E-state index is 0.112. The number of carbonyl (C=O) groups excluding carboxylic acids is 1. The summed E-state index contributed by atoms with van der Waals surface area (Å²) in [6.07, 6.45) is 1.85. The lowest BCUT2D eigenvalue weighted by Gasteiger charge is -2.24. The lowest BCUT2D eigenvalue weighted by atomic mass is 9.97. The number of nitrogens with zero attached hydrogens (tertiary/aromatic N) is 1. The zero-order valence-corrected chi connectivity index (χ0v) is 19.6. The van der Waals surface area contributed by atoms with E-state index in [1.165, 1.54) is 10.6 Å². The molecule has 6 heteroatoms. The largest absolute Gasteiger partial charge is 0.345 e. The third-order valence-electron chi connectivity index (χ3n) is 5.36. The number of benzene rings is 3. The van der Waals surface area contributed by atoms with Crippen LogP contribution in [-0.4, -0.2) is 27.1 Å². The van der Waals surface area contributed by atoms with E-state index in [0.29, 0.717) is 12.1 Å². The highest BCUT2D eigenvalue weighted by molar-refractivity contribution is 7.92.